The van der Waals surface area contributed by atoms with Gasteiger partial charge in [0.05, 0.1) is 16.6 Å². The third kappa shape index (κ3) is 4.07. The number of rotatable bonds is 5. The summed E-state index contributed by atoms with van der Waals surface area (Å²) in [7, 11) is 1.49. The van der Waals surface area contributed by atoms with E-state index in [4.69, 9.17) is 14.2 Å². The minimum atomic E-state index is -4.63. The number of hydrogen-bond donors (Lipinski definition) is 1. The second-order valence-corrected chi connectivity index (χ2v) is 7.08. The quantitative estimate of drug-likeness (QED) is 0.662. The highest BCUT2D eigenvalue weighted by atomic mass is 19.4. The van der Waals surface area contributed by atoms with Crippen molar-refractivity contribution in [2.45, 2.75) is 32.7 Å². The molecule has 1 aromatic carbocycles. The van der Waals surface area contributed by atoms with Crippen LogP contribution in [0.5, 0.6) is 17.4 Å². The van der Waals surface area contributed by atoms with Crippen LogP contribution in [0.1, 0.15) is 23.7 Å². The van der Waals surface area contributed by atoms with Gasteiger partial charge in [-0.3, -0.25) is 9.48 Å². The molecule has 0 spiro atoms. The molecule has 164 valence electrons. The van der Waals surface area contributed by atoms with E-state index in [1.165, 1.54) is 25.6 Å². The van der Waals surface area contributed by atoms with Crippen LogP contribution in [0.25, 0.3) is 11.0 Å². The zero-order valence-corrected chi connectivity index (χ0v) is 16.9. The zero-order chi connectivity index (χ0) is 22.3. The lowest BCUT2D eigenvalue weighted by Gasteiger charge is -2.16. The summed E-state index contributed by atoms with van der Waals surface area (Å²) >= 11 is 0. The van der Waals surface area contributed by atoms with Gasteiger partial charge in [0, 0.05) is 19.7 Å². The number of fused-ring (bicyclic) bond motifs is 2. The number of aryl methyl sites for hydroxylation is 2. The highest BCUT2D eigenvalue weighted by Gasteiger charge is 2.36. The summed E-state index contributed by atoms with van der Waals surface area (Å²) < 4.78 is 57.9. The normalized spacial score (nSPS) is 14.0. The predicted octanol–water partition coefficient (Wildman–Crippen LogP) is 3.11. The van der Waals surface area contributed by atoms with Crippen LogP contribution in [0.2, 0.25) is 0 Å². The Morgan fingerprint density at radius 3 is 2.77 bits per heavy atom. The van der Waals surface area contributed by atoms with Gasteiger partial charge < -0.3 is 19.5 Å². The molecule has 4 rings (SSSR count). The summed E-state index contributed by atoms with van der Waals surface area (Å²) in [5.74, 6) is 0.390. The fourth-order valence-corrected chi connectivity index (χ4v) is 3.32. The monoisotopic (exact) mass is 436 g/mol. The Morgan fingerprint density at radius 2 is 2.03 bits per heavy atom. The minimum Gasteiger partial charge on any atom is -0.464 e. The van der Waals surface area contributed by atoms with E-state index in [2.05, 4.69) is 15.4 Å². The molecular weight excluding hydrogens is 417 g/mol. The first-order valence-electron chi connectivity index (χ1n) is 9.38. The van der Waals surface area contributed by atoms with Crippen molar-refractivity contribution >= 4 is 16.9 Å². The van der Waals surface area contributed by atoms with E-state index in [9.17, 15) is 18.0 Å². The van der Waals surface area contributed by atoms with Crippen LogP contribution in [0.15, 0.2) is 24.3 Å². The van der Waals surface area contributed by atoms with Gasteiger partial charge in [0.1, 0.15) is 0 Å². The third-order valence-corrected chi connectivity index (χ3v) is 4.82. The Hall–Kier alpha value is -3.50. The number of ether oxygens (including phenoxy) is 3. The number of nitrogens with zero attached hydrogens (tertiary/aromatic N) is 3. The molecule has 11 heteroatoms. The maximum absolute atomic E-state index is 13.6. The number of halogens is 3. The Balaban J connectivity index is 1.49. The molecule has 1 aliphatic rings. The number of amides is 1. The Morgan fingerprint density at radius 1 is 1.29 bits per heavy atom. The van der Waals surface area contributed by atoms with E-state index in [1.54, 1.807) is 18.2 Å². The summed E-state index contributed by atoms with van der Waals surface area (Å²) in [5.41, 5.74) is 0.0915. The smallest absolute Gasteiger partial charge is 0.417 e. The zero-order valence-electron chi connectivity index (χ0n) is 16.9. The van der Waals surface area contributed by atoms with Crippen LogP contribution >= 0.6 is 0 Å². The van der Waals surface area contributed by atoms with Gasteiger partial charge in [-0.25, -0.2) is 0 Å². The average Bonchev–Trinajstić information content (AvgIpc) is 3.28. The van der Waals surface area contributed by atoms with Gasteiger partial charge in [0.15, 0.2) is 23.3 Å². The summed E-state index contributed by atoms with van der Waals surface area (Å²) in [6, 6.07) is 6.04. The molecule has 2 aromatic heterocycles. The standard InChI is InChI=1S/C20H19F3N4O4/c1-10-17-13(20(21,22)23)7-16(25-18(17)27(3)26-10)31-11(2)19(28)24-8-12-4-5-14-15(6-12)30-9-29-14/h4-7,11H,8-9H2,1-3H3,(H,24,28)/t11-/m0/s1. The highest BCUT2D eigenvalue weighted by Crippen LogP contribution is 2.37. The maximum atomic E-state index is 13.6. The average molecular weight is 436 g/mol. The number of benzene rings is 1. The molecule has 0 radical (unpaired) electrons. The molecule has 8 nitrogen and oxygen atoms in total. The topological polar surface area (TPSA) is 87.5 Å². The molecule has 0 fully saturated rings. The summed E-state index contributed by atoms with van der Waals surface area (Å²) in [6.07, 6.45) is -5.70. The Bertz CT molecular complexity index is 1160. The fourth-order valence-electron chi connectivity index (χ4n) is 3.32. The number of hydrogen-bond acceptors (Lipinski definition) is 6. The third-order valence-electron chi connectivity index (χ3n) is 4.82. The van der Waals surface area contributed by atoms with Crippen LogP contribution in [0.4, 0.5) is 13.2 Å². The van der Waals surface area contributed by atoms with E-state index >= 15 is 0 Å². The second kappa shape index (κ2) is 7.64. The lowest BCUT2D eigenvalue weighted by Crippen LogP contribution is -2.36. The van der Waals surface area contributed by atoms with Crippen LogP contribution in [-0.2, 0) is 24.6 Å². The van der Waals surface area contributed by atoms with Crippen molar-refractivity contribution in [3.8, 4) is 17.4 Å². The van der Waals surface area contributed by atoms with Crippen molar-refractivity contribution in [1.82, 2.24) is 20.1 Å². The first kappa shape index (κ1) is 20.8. The number of carbonyl (C=O) groups is 1. The van der Waals surface area contributed by atoms with E-state index < -0.39 is 23.8 Å². The van der Waals surface area contributed by atoms with Crippen molar-refractivity contribution in [2.75, 3.05) is 6.79 Å². The SMILES string of the molecule is Cc1nn(C)c2nc(O[C@@H](C)C(=O)NCc3ccc4c(c3)OCO4)cc(C(F)(F)F)c12. The molecule has 3 aromatic rings. The number of nitrogens with one attached hydrogen (secondary N) is 1. The van der Waals surface area contributed by atoms with Crippen LogP contribution in [0, 0.1) is 6.92 Å². The highest BCUT2D eigenvalue weighted by molar-refractivity contribution is 5.84. The number of pyridine rings is 1. The predicted molar refractivity (Wildman–Crippen MR) is 103 cm³/mol. The lowest BCUT2D eigenvalue weighted by atomic mass is 10.1. The van der Waals surface area contributed by atoms with Crippen molar-refractivity contribution in [3.05, 3.63) is 41.1 Å². The van der Waals surface area contributed by atoms with E-state index in [0.29, 0.717) is 11.5 Å². The molecule has 3 heterocycles. The van der Waals surface area contributed by atoms with Crippen molar-refractivity contribution in [1.29, 1.82) is 0 Å². The van der Waals surface area contributed by atoms with E-state index in [0.717, 1.165) is 11.6 Å². The summed E-state index contributed by atoms with van der Waals surface area (Å²) in [6.45, 7) is 3.24. The lowest BCUT2D eigenvalue weighted by molar-refractivity contribution is -0.136. The van der Waals surface area contributed by atoms with Gasteiger partial charge in [-0.2, -0.15) is 23.3 Å². The molecule has 0 bridgehead atoms. The molecular formula is C20H19F3N4O4. The molecule has 31 heavy (non-hydrogen) atoms. The van der Waals surface area contributed by atoms with Gasteiger partial charge in [-0.15, -0.1) is 0 Å². The van der Waals surface area contributed by atoms with Crippen molar-refractivity contribution in [2.24, 2.45) is 7.05 Å². The number of carbonyl (C=O) groups excluding carboxylic acids is 1. The molecule has 0 aliphatic carbocycles. The van der Waals surface area contributed by atoms with E-state index in [1.807, 2.05) is 0 Å². The van der Waals surface area contributed by atoms with Gasteiger partial charge in [0.25, 0.3) is 5.91 Å². The van der Waals surface area contributed by atoms with Crippen molar-refractivity contribution < 1.29 is 32.2 Å². The first-order valence-corrected chi connectivity index (χ1v) is 9.38. The largest absolute Gasteiger partial charge is 0.464 e. The Labute approximate surface area is 174 Å². The molecule has 0 saturated carbocycles. The van der Waals surface area contributed by atoms with Gasteiger partial charge in [-0.1, -0.05) is 6.07 Å². The fraction of sp³-hybridized carbons (Fsp3) is 0.350. The molecule has 0 unspecified atom stereocenters. The summed E-state index contributed by atoms with van der Waals surface area (Å²) in [4.78, 5) is 16.5. The first-order chi connectivity index (χ1) is 14.6. The number of alkyl halides is 3. The van der Waals surface area contributed by atoms with Crippen LogP contribution in [-0.4, -0.2) is 33.6 Å². The van der Waals surface area contributed by atoms with Crippen LogP contribution in [0.3, 0.4) is 0 Å². The molecule has 1 amide bonds. The molecule has 1 N–H and O–H groups in total. The second-order valence-electron chi connectivity index (χ2n) is 7.08. The molecule has 1 atom stereocenters. The van der Waals surface area contributed by atoms with Gasteiger partial charge in [0.2, 0.25) is 12.7 Å². The van der Waals surface area contributed by atoms with Gasteiger partial charge in [-0.05, 0) is 31.5 Å². The Kier molecular flexibility index (Phi) is 5.11. The molecule has 1 aliphatic heterocycles. The maximum Gasteiger partial charge on any atom is 0.417 e. The van der Waals surface area contributed by atoms with Crippen molar-refractivity contribution in [3.63, 3.8) is 0 Å². The van der Waals surface area contributed by atoms with Crippen LogP contribution < -0.4 is 19.5 Å². The molecule has 0 saturated heterocycles. The summed E-state index contributed by atoms with van der Waals surface area (Å²) in [5, 5.41) is 6.59. The minimum absolute atomic E-state index is 0.0234. The van der Waals surface area contributed by atoms with E-state index in [-0.39, 0.29) is 35.9 Å². The van der Waals surface area contributed by atoms with Gasteiger partial charge >= 0.3 is 6.18 Å². The number of aromatic nitrogens is 3.